The third-order valence-electron chi connectivity index (χ3n) is 13.8. The third kappa shape index (κ3) is 22.2. The van der Waals surface area contributed by atoms with Crippen molar-refractivity contribution >= 4 is 53.7 Å². The Hall–Kier alpha value is -4.77. The van der Waals surface area contributed by atoms with E-state index in [1.807, 2.05) is 48.5 Å². The summed E-state index contributed by atoms with van der Waals surface area (Å²) < 4.78 is 30.9. The predicted octanol–water partition coefficient (Wildman–Crippen LogP) is 8.37. The summed E-state index contributed by atoms with van der Waals surface area (Å²) >= 11 is 0. The van der Waals surface area contributed by atoms with Crippen LogP contribution in [0.5, 0.6) is 0 Å². The van der Waals surface area contributed by atoms with Gasteiger partial charge in [0.05, 0.1) is 78.2 Å². The van der Waals surface area contributed by atoms with Crippen LogP contribution in [0.2, 0.25) is 0 Å². The lowest BCUT2D eigenvalue weighted by atomic mass is 9.79. The fourth-order valence-electron chi connectivity index (χ4n) is 7.68. The van der Waals surface area contributed by atoms with Crippen molar-refractivity contribution < 1.29 is 86.9 Å². The molecule has 0 aromatic heterocycles. The van der Waals surface area contributed by atoms with E-state index in [0.717, 1.165) is 44.9 Å². The molecule has 0 spiro atoms. The highest BCUT2D eigenvalue weighted by Crippen LogP contribution is 2.34. The van der Waals surface area contributed by atoms with Crippen molar-refractivity contribution in [1.29, 1.82) is 0 Å². The van der Waals surface area contributed by atoms with Crippen molar-refractivity contribution in [2.75, 3.05) is 39.6 Å². The first-order chi connectivity index (χ1) is 32.4. The molecule has 6 atom stereocenters. The number of aliphatic carboxylic acids is 3. The minimum Gasteiger partial charge on any atom is -0.481 e. The molecule has 3 saturated carbocycles. The summed E-state index contributed by atoms with van der Waals surface area (Å²) in [6, 6.07) is 0. The zero-order valence-corrected chi connectivity index (χ0v) is 42.9. The van der Waals surface area contributed by atoms with Crippen LogP contribution in [0.1, 0.15) is 178 Å². The number of carboxylic acids is 3. The summed E-state index contributed by atoms with van der Waals surface area (Å²) in [4.78, 5) is 105. The minimum absolute atomic E-state index is 0.00153. The van der Waals surface area contributed by atoms with Crippen LogP contribution in [0.4, 0.5) is 0 Å². The van der Waals surface area contributed by atoms with E-state index >= 15 is 0 Å². The minimum atomic E-state index is -0.947. The molecule has 0 aliphatic heterocycles. The maximum atomic E-state index is 12.1. The van der Waals surface area contributed by atoms with Gasteiger partial charge in [-0.25, -0.2) is 0 Å². The number of carbonyl (C=O) groups is 9. The highest BCUT2D eigenvalue weighted by atomic mass is 16.6. The third-order valence-corrected chi connectivity index (χ3v) is 13.8. The standard InChI is InChI=1S/C18H30O6.C17H28O6.C16H26O6/c1-4-18(2,3)17(22)24-12-8-7-11-23-16(21)14-10-6-5-9-13(14)15(19)20;1-4-17(2,3)16(21)23-11-7-10-22-15(20)13-9-6-5-8-12(13)14(18)19;1-4-16(2,3)15(20)22-10-9-21-14(19)12-8-6-5-7-11(12)13(17)18/h13-14H,4-12H2,1-3H3,(H,19,20);12-13H,4-11H2,1-3H3,(H,18,19);11-12H,4-10H2,1-3H3,(H,17,18). The molecule has 69 heavy (non-hydrogen) atoms. The van der Waals surface area contributed by atoms with Crippen LogP contribution in [0.25, 0.3) is 0 Å². The number of carboxylic acid groups (broad SMARTS) is 3. The smallest absolute Gasteiger partial charge is 0.311 e. The Labute approximate surface area is 408 Å². The Morgan fingerprint density at radius 3 is 0.855 bits per heavy atom. The van der Waals surface area contributed by atoms with E-state index in [-0.39, 0.29) is 50.9 Å². The van der Waals surface area contributed by atoms with Gasteiger partial charge < -0.3 is 43.7 Å². The summed E-state index contributed by atoms with van der Waals surface area (Å²) in [6.45, 7) is 17.5. The van der Waals surface area contributed by atoms with Gasteiger partial charge in [0.25, 0.3) is 0 Å². The number of rotatable bonds is 24. The van der Waals surface area contributed by atoms with Crippen LogP contribution in [0.15, 0.2) is 0 Å². The molecule has 3 fully saturated rings. The molecule has 18 nitrogen and oxygen atoms in total. The first-order valence-corrected chi connectivity index (χ1v) is 25.1. The van der Waals surface area contributed by atoms with Gasteiger partial charge in [-0.3, -0.25) is 43.2 Å². The maximum Gasteiger partial charge on any atom is 0.311 e. The number of hydrogen-bond donors (Lipinski definition) is 3. The van der Waals surface area contributed by atoms with Crippen LogP contribution < -0.4 is 0 Å². The molecule has 3 aliphatic rings. The Bertz CT molecular complexity index is 1670. The summed E-state index contributed by atoms with van der Waals surface area (Å²) in [5, 5.41) is 27.5. The largest absolute Gasteiger partial charge is 0.481 e. The van der Waals surface area contributed by atoms with Crippen molar-refractivity contribution in [1.82, 2.24) is 0 Å². The first-order valence-electron chi connectivity index (χ1n) is 25.1. The van der Waals surface area contributed by atoms with Gasteiger partial charge in [0.2, 0.25) is 0 Å². The van der Waals surface area contributed by atoms with Crippen LogP contribution in [-0.4, -0.2) is 109 Å². The Morgan fingerprint density at radius 1 is 0.348 bits per heavy atom. The molecule has 0 saturated heterocycles. The lowest BCUT2D eigenvalue weighted by Gasteiger charge is -2.26. The van der Waals surface area contributed by atoms with Gasteiger partial charge in [0.15, 0.2) is 0 Å². The highest BCUT2D eigenvalue weighted by Gasteiger charge is 2.39. The Morgan fingerprint density at radius 2 is 0.565 bits per heavy atom. The SMILES string of the molecule is CCC(C)(C)C(=O)OCCCCOC(=O)C1CCCCC1C(=O)O.CCC(C)(C)C(=O)OCCCOC(=O)C1CCCCC1C(=O)O.CCC(C)(C)C(=O)OCCOC(=O)C1CCCCC1C(=O)O. The number of ether oxygens (including phenoxy) is 6. The average molecular weight is 985 g/mol. The second-order valence-corrected chi connectivity index (χ2v) is 20.2. The van der Waals surface area contributed by atoms with Crippen molar-refractivity contribution in [2.24, 2.45) is 51.8 Å². The van der Waals surface area contributed by atoms with Crippen LogP contribution >= 0.6 is 0 Å². The predicted molar refractivity (Wildman–Crippen MR) is 251 cm³/mol. The fraction of sp³-hybridized carbons (Fsp3) is 0.824. The van der Waals surface area contributed by atoms with Gasteiger partial charge in [0.1, 0.15) is 13.2 Å². The monoisotopic (exact) mass is 985 g/mol. The molecule has 0 radical (unpaired) electrons. The molecule has 0 aromatic rings. The Kier molecular flexibility index (Phi) is 28.4. The number of esters is 6. The van der Waals surface area contributed by atoms with E-state index in [4.69, 9.17) is 38.6 Å². The molecule has 18 heteroatoms. The van der Waals surface area contributed by atoms with Crippen molar-refractivity contribution in [3.05, 3.63) is 0 Å². The molecule has 3 aliphatic carbocycles. The van der Waals surface area contributed by atoms with Gasteiger partial charge in [-0.05, 0) is 112 Å². The summed E-state index contributed by atoms with van der Waals surface area (Å²) in [7, 11) is 0. The molecule has 3 N–H and O–H groups in total. The second-order valence-electron chi connectivity index (χ2n) is 20.2. The van der Waals surface area contributed by atoms with Gasteiger partial charge in [-0.1, -0.05) is 59.3 Å². The molecule has 0 bridgehead atoms. The summed E-state index contributed by atoms with van der Waals surface area (Å²) in [5.74, 6) is -8.55. The molecule has 0 amide bonds. The van der Waals surface area contributed by atoms with E-state index in [1.165, 1.54) is 0 Å². The van der Waals surface area contributed by atoms with E-state index in [9.17, 15) is 48.3 Å². The zero-order valence-electron chi connectivity index (χ0n) is 42.9. The van der Waals surface area contributed by atoms with E-state index in [0.29, 0.717) is 77.2 Å². The van der Waals surface area contributed by atoms with Crippen LogP contribution in [-0.2, 0) is 71.6 Å². The number of carbonyl (C=O) groups excluding carboxylic acids is 6. The van der Waals surface area contributed by atoms with Crippen LogP contribution in [0, 0.1) is 51.8 Å². The molecular weight excluding hydrogens is 901 g/mol. The van der Waals surface area contributed by atoms with Crippen molar-refractivity contribution in [3.8, 4) is 0 Å². The van der Waals surface area contributed by atoms with Gasteiger partial charge in [-0.15, -0.1) is 0 Å². The van der Waals surface area contributed by atoms with E-state index < -0.39 is 87.6 Å². The van der Waals surface area contributed by atoms with Crippen LogP contribution in [0.3, 0.4) is 0 Å². The lowest BCUT2D eigenvalue weighted by Crippen LogP contribution is -2.34. The average Bonchev–Trinajstić information content (AvgIpc) is 3.33. The molecule has 0 heterocycles. The first kappa shape index (κ1) is 62.2. The zero-order chi connectivity index (χ0) is 52.4. The Balaban J connectivity index is 0.000000518. The molecule has 396 valence electrons. The number of hydrogen-bond acceptors (Lipinski definition) is 15. The van der Waals surface area contributed by atoms with Gasteiger partial charge >= 0.3 is 53.7 Å². The lowest BCUT2D eigenvalue weighted by molar-refractivity contribution is -0.164. The quantitative estimate of drug-likeness (QED) is 0.0465. The van der Waals surface area contributed by atoms with E-state index in [2.05, 4.69) is 0 Å². The fourth-order valence-corrected chi connectivity index (χ4v) is 7.68. The van der Waals surface area contributed by atoms with E-state index in [1.54, 1.807) is 13.8 Å². The van der Waals surface area contributed by atoms with Crippen molar-refractivity contribution in [3.63, 3.8) is 0 Å². The second kappa shape index (κ2) is 31.5. The van der Waals surface area contributed by atoms with Gasteiger partial charge in [0, 0.05) is 6.42 Å². The normalized spacial score (nSPS) is 21.5. The molecule has 0 aromatic carbocycles. The summed E-state index contributed by atoms with van der Waals surface area (Å²) in [5.41, 5.74) is -1.53. The number of unbranched alkanes of at least 4 members (excludes halogenated alkanes) is 1. The maximum absolute atomic E-state index is 12.1. The summed E-state index contributed by atoms with van der Waals surface area (Å²) in [6.07, 6.45) is 12.0. The molecule has 3 rings (SSSR count). The van der Waals surface area contributed by atoms with Crippen molar-refractivity contribution in [2.45, 2.75) is 178 Å². The topological polar surface area (TPSA) is 270 Å². The van der Waals surface area contributed by atoms with Gasteiger partial charge in [-0.2, -0.15) is 0 Å². The molecule has 6 unspecified atom stereocenters. The molecular formula is C51H84O18. The highest BCUT2D eigenvalue weighted by molar-refractivity contribution is 5.83.